The summed E-state index contributed by atoms with van der Waals surface area (Å²) in [7, 11) is -2.93. The van der Waals surface area contributed by atoms with Crippen molar-refractivity contribution in [2.75, 3.05) is 13.4 Å². The summed E-state index contributed by atoms with van der Waals surface area (Å²) in [6.45, 7) is 21.6. The fourth-order valence-electron chi connectivity index (χ4n) is 2.28. The zero-order chi connectivity index (χ0) is 20.9. The van der Waals surface area contributed by atoms with E-state index in [0.717, 1.165) is 11.7 Å². The number of aliphatic hydroxyl groups is 1. The Kier molecular flexibility index (Phi) is 8.74. The molecule has 0 amide bonds. The molecule has 0 radical (unpaired) electrons. The highest BCUT2D eigenvalue weighted by Gasteiger charge is 2.38. The molecule has 8 heteroatoms. The van der Waals surface area contributed by atoms with E-state index in [1.807, 2.05) is 0 Å². The second-order valence-electron chi connectivity index (χ2n) is 9.98. The SMILES string of the molecule is C[C@@H](Cn1nc(OCOCC[Si](C)(C)C)cc1CO)O[Si](C)(C)C(C)(C)C. The second-order valence-corrected chi connectivity index (χ2v) is 20.4. The van der Waals surface area contributed by atoms with Crippen LogP contribution < -0.4 is 4.74 Å². The first-order chi connectivity index (χ1) is 12.2. The summed E-state index contributed by atoms with van der Waals surface area (Å²) < 4.78 is 19.3. The second kappa shape index (κ2) is 9.69. The van der Waals surface area contributed by atoms with Gasteiger partial charge in [0.25, 0.3) is 0 Å². The molecule has 27 heavy (non-hydrogen) atoms. The van der Waals surface area contributed by atoms with Crippen molar-refractivity contribution in [3.8, 4) is 5.88 Å². The molecule has 0 fully saturated rings. The molecule has 1 aromatic heterocycles. The van der Waals surface area contributed by atoms with Gasteiger partial charge in [-0.25, -0.2) is 0 Å². The summed E-state index contributed by atoms with van der Waals surface area (Å²) in [5.41, 5.74) is 0.720. The Balaban J connectivity index is 2.59. The molecular weight excluding hydrogens is 376 g/mol. The normalized spacial score (nSPS) is 14.4. The lowest BCUT2D eigenvalue weighted by Crippen LogP contribution is -2.44. The molecule has 0 aliphatic rings. The number of aliphatic hydroxyl groups excluding tert-OH is 1. The molecule has 6 nitrogen and oxygen atoms in total. The Bertz CT molecular complexity index is 577. The lowest BCUT2D eigenvalue weighted by atomic mass is 10.2. The predicted octanol–water partition coefficient (Wildman–Crippen LogP) is 4.48. The maximum absolute atomic E-state index is 9.63. The third-order valence-corrected chi connectivity index (χ3v) is 11.3. The molecule has 0 saturated heterocycles. The summed E-state index contributed by atoms with van der Waals surface area (Å²) >= 11 is 0. The Morgan fingerprint density at radius 3 is 2.33 bits per heavy atom. The number of hydrogen-bond acceptors (Lipinski definition) is 5. The number of rotatable bonds is 11. The zero-order valence-electron chi connectivity index (χ0n) is 18.8. The quantitative estimate of drug-likeness (QED) is 0.327. The maximum Gasteiger partial charge on any atom is 0.235 e. The van der Waals surface area contributed by atoms with Gasteiger partial charge in [0.15, 0.2) is 15.1 Å². The minimum atomic E-state index is -1.84. The van der Waals surface area contributed by atoms with Gasteiger partial charge in [-0.2, -0.15) is 0 Å². The monoisotopic (exact) mass is 416 g/mol. The first-order valence-corrected chi connectivity index (χ1v) is 16.4. The molecular formula is C19H40N2O4Si2. The van der Waals surface area contributed by atoms with E-state index in [2.05, 4.69) is 65.5 Å². The molecule has 0 bridgehead atoms. The summed E-state index contributed by atoms with van der Waals surface area (Å²) in [5.74, 6) is 0.478. The van der Waals surface area contributed by atoms with Gasteiger partial charge in [0.05, 0.1) is 24.9 Å². The van der Waals surface area contributed by atoms with Gasteiger partial charge in [0.2, 0.25) is 5.88 Å². The summed E-state index contributed by atoms with van der Waals surface area (Å²) in [4.78, 5) is 0. The summed E-state index contributed by atoms with van der Waals surface area (Å²) in [6, 6.07) is 2.87. The molecule has 1 N–H and O–H groups in total. The van der Waals surface area contributed by atoms with E-state index in [9.17, 15) is 5.11 Å². The Hall–Kier alpha value is -0.676. The highest BCUT2D eigenvalue weighted by atomic mass is 28.4. The van der Waals surface area contributed by atoms with Crippen LogP contribution in [-0.4, -0.2) is 50.8 Å². The van der Waals surface area contributed by atoms with E-state index < -0.39 is 16.4 Å². The summed E-state index contributed by atoms with van der Waals surface area (Å²) in [6.07, 6.45) is 0.0111. The van der Waals surface area contributed by atoms with Gasteiger partial charge in [-0.05, 0) is 31.1 Å². The van der Waals surface area contributed by atoms with Gasteiger partial charge in [-0.1, -0.05) is 40.4 Å². The van der Waals surface area contributed by atoms with E-state index in [1.54, 1.807) is 10.7 Å². The molecule has 0 spiro atoms. The fraction of sp³-hybridized carbons (Fsp3) is 0.842. The number of nitrogens with zero attached hydrogens (tertiary/aromatic N) is 2. The van der Waals surface area contributed by atoms with E-state index in [1.165, 1.54) is 0 Å². The van der Waals surface area contributed by atoms with Crippen LogP contribution in [0.15, 0.2) is 6.07 Å². The van der Waals surface area contributed by atoms with Crippen molar-refractivity contribution in [2.24, 2.45) is 0 Å². The molecule has 0 aromatic carbocycles. The van der Waals surface area contributed by atoms with Crippen LogP contribution in [-0.2, 0) is 22.3 Å². The van der Waals surface area contributed by atoms with Gasteiger partial charge < -0.3 is 19.0 Å². The highest BCUT2D eigenvalue weighted by molar-refractivity contribution is 6.76. The fourth-order valence-corrected chi connectivity index (χ4v) is 4.48. The molecule has 1 heterocycles. The van der Waals surface area contributed by atoms with Crippen LogP contribution in [0.3, 0.4) is 0 Å². The maximum atomic E-state index is 9.63. The average molecular weight is 417 g/mol. The molecule has 0 aliphatic heterocycles. The van der Waals surface area contributed by atoms with Crippen molar-refractivity contribution in [2.45, 2.75) is 90.8 Å². The van der Waals surface area contributed by atoms with Gasteiger partial charge in [-0.15, -0.1) is 5.10 Å². The molecule has 1 atom stereocenters. The topological polar surface area (TPSA) is 65.7 Å². The Labute approximate surface area is 167 Å². The minimum Gasteiger partial charge on any atom is -0.449 e. The lowest BCUT2D eigenvalue weighted by molar-refractivity contribution is 0.0188. The van der Waals surface area contributed by atoms with E-state index in [4.69, 9.17) is 13.9 Å². The van der Waals surface area contributed by atoms with Crippen LogP contribution in [0.4, 0.5) is 0 Å². The van der Waals surface area contributed by atoms with Crippen molar-refractivity contribution < 1.29 is 19.0 Å². The smallest absolute Gasteiger partial charge is 0.235 e. The van der Waals surface area contributed by atoms with Crippen LogP contribution in [0, 0.1) is 0 Å². The third-order valence-electron chi connectivity index (χ3n) is 5.02. The van der Waals surface area contributed by atoms with Crippen LogP contribution in [0.1, 0.15) is 33.4 Å². The van der Waals surface area contributed by atoms with Crippen molar-refractivity contribution in [3.05, 3.63) is 11.8 Å². The average Bonchev–Trinajstić information content (AvgIpc) is 2.85. The first-order valence-electron chi connectivity index (χ1n) is 9.81. The van der Waals surface area contributed by atoms with Crippen molar-refractivity contribution in [3.63, 3.8) is 0 Å². The Morgan fingerprint density at radius 1 is 1.19 bits per heavy atom. The zero-order valence-corrected chi connectivity index (χ0v) is 20.8. The minimum absolute atomic E-state index is 0.0111. The van der Waals surface area contributed by atoms with Crippen LogP contribution in [0.25, 0.3) is 0 Å². The van der Waals surface area contributed by atoms with Crippen LogP contribution in [0.2, 0.25) is 43.8 Å². The van der Waals surface area contributed by atoms with E-state index in [-0.39, 0.29) is 24.5 Å². The molecule has 1 aromatic rings. The number of aromatic nitrogens is 2. The third kappa shape index (κ3) is 8.47. The van der Waals surface area contributed by atoms with Gasteiger partial charge in [-0.3, -0.25) is 4.68 Å². The van der Waals surface area contributed by atoms with Crippen molar-refractivity contribution >= 4 is 16.4 Å². The Morgan fingerprint density at radius 2 is 1.81 bits per heavy atom. The summed E-state index contributed by atoms with van der Waals surface area (Å²) in [5, 5.41) is 14.2. The number of ether oxygens (including phenoxy) is 2. The largest absolute Gasteiger partial charge is 0.449 e. The van der Waals surface area contributed by atoms with Crippen LogP contribution >= 0.6 is 0 Å². The van der Waals surface area contributed by atoms with Crippen molar-refractivity contribution in [1.82, 2.24) is 9.78 Å². The molecule has 0 saturated carbocycles. The van der Waals surface area contributed by atoms with Gasteiger partial charge >= 0.3 is 0 Å². The highest BCUT2D eigenvalue weighted by Crippen LogP contribution is 2.37. The number of hydrogen-bond donors (Lipinski definition) is 1. The molecule has 158 valence electrons. The first kappa shape index (κ1) is 24.4. The van der Waals surface area contributed by atoms with E-state index in [0.29, 0.717) is 19.0 Å². The molecule has 1 rings (SSSR count). The van der Waals surface area contributed by atoms with Gasteiger partial charge in [0, 0.05) is 20.7 Å². The van der Waals surface area contributed by atoms with Crippen molar-refractivity contribution in [1.29, 1.82) is 0 Å². The lowest BCUT2D eigenvalue weighted by Gasteiger charge is -2.38. The molecule has 0 unspecified atom stereocenters. The predicted molar refractivity (Wildman–Crippen MR) is 115 cm³/mol. The standard InChI is InChI=1S/C19H40N2O4Si2/c1-16(25-27(8,9)19(2,3)4)13-21-17(14-22)12-18(20-21)24-15-23-10-11-26(5,6)7/h12,16,22H,10-11,13-15H2,1-9H3/t16-/m0/s1. The van der Waals surface area contributed by atoms with E-state index >= 15 is 0 Å². The van der Waals surface area contributed by atoms with Crippen LogP contribution in [0.5, 0.6) is 5.88 Å². The molecule has 0 aliphatic carbocycles. The van der Waals surface area contributed by atoms with Gasteiger partial charge in [0.1, 0.15) is 0 Å².